The molecule has 0 rings (SSSR count). The molecule has 0 aromatic carbocycles. The second-order valence-electron chi connectivity index (χ2n) is 0.939. The highest BCUT2D eigenvalue weighted by Crippen LogP contribution is 1.79. The highest BCUT2D eigenvalue weighted by Gasteiger charge is 1.53. The monoisotopic (exact) mass is 114 g/mol. The molecule has 0 aromatic rings. The summed E-state index contributed by atoms with van der Waals surface area (Å²) in [5, 5.41) is 0. The van der Waals surface area contributed by atoms with Gasteiger partial charge in [0.25, 0.3) is 0 Å². The lowest BCUT2D eigenvalue weighted by Crippen LogP contribution is -1.41. The van der Waals surface area contributed by atoms with Crippen molar-refractivity contribution in [3.8, 4) is 0 Å². The van der Waals surface area contributed by atoms with Crippen LogP contribution in [0.4, 0.5) is 0 Å². The van der Waals surface area contributed by atoms with E-state index in [1.54, 1.807) is 24.3 Å². The molecule has 7 heavy (non-hydrogen) atoms. The minimum atomic E-state index is 1.44. The lowest BCUT2D eigenvalue weighted by molar-refractivity contribution is 1.97. The summed E-state index contributed by atoms with van der Waals surface area (Å²) in [4.78, 5) is 0. The Bertz CT molecular complexity index is 90.4. The summed E-state index contributed by atoms with van der Waals surface area (Å²) in [6.07, 6.45) is 7.03. The summed E-state index contributed by atoms with van der Waals surface area (Å²) in [6, 6.07) is 0. The lowest BCUT2D eigenvalue weighted by atomic mass is 10.5. The van der Waals surface area contributed by atoms with Crippen molar-refractivity contribution >= 4 is 11.6 Å². The van der Waals surface area contributed by atoms with E-state index in [1.807, 2.05) is 0 Å². The van der Waals surface area contributed by atoms with Crippen molar-refractivity contribution in [3.05, 3.63) is 36.4 Å². The van der Waals surface area contributed by atoms with Gasteiger partial charge in [0.2, 0.25) is 0 Å². The van der Waals surface area contributed by atoms with E-state index in [-0.39, 0.29) is 0 Å². The van der Waals surface area contributed by atoms with Crippen LogP contribution in [0.2, 0.25) is 0 Å². The average molecular weight is 115 g/mol. The van der Waals surface area contributed by atoms with E-state index < -0.39 is 0 Å². The molecular weight excluding hydrogens is 108 g/mol. The van der Waals surface area contributed by atoms with E-state index in [2.05, 4.69) is 6.58 Å². The third kappa shape index (κ3) is 5.51. The van der Waals surface area contributed by atoms with Crippen molar-refractivity contribution in [3.63, 3.8) is 0 Å². The second-order valence-corrected chi connectivity index (χ2v) is 1.19. The highest BCUT2D eigenvalue weighted by atomic mass is 35.5. The molecule has 0 heterocycles. The van der Waals surface area contributed by atoms with Crippen molar-refractivity contribution in [1.29, 1.82) is 0 Å². The predicted molar refractivity (Wildman–Crippen MR) is 34.3 cm³/mol. The fourth-order valence-corrected chi connectivity index (χ4v) is 0.269. The Labute approximate surface area is 48.8 Å². The van der Waals surface area contributed by atoms with Crippen LogP contribution in [-0.4, -0.2) is 0 Å². The Morgan fingerprint density at radius 3 is 2.29 bits per heavy atom. The lowest BCUT2D eigenvalue weighted by Gasteiger charge is -1.64. The van der Waals surface area contributed by atoms with Crippen molar-refractivity contribution in [2.75, 3.05) is 0 Å². The third-order valence-electron chi connectivity index (χ3n) is 0.431. The molecule has 0 unspecified atom stereocenters. The summed E-state index contributed by atoms with van der Waals surface area (Å²) in [6.45, 7) is 3.47. The van der Waals surface area contributed by atoms with E-state index in [4.69, 9.17) is 11.6 Å². The molecular formula is C6H7Cl. The maximum Gasteiger partial charge on any atom is 0.00424 e. The van der Waals surface area contributed by atoms with Crippen molar-refractivity contribution in [2.45, 2.75) is 0 Å². The molecule has 0 saturated heterocycles. The first-order chi connectivity index (χ1) is 3.41. The van der Waals surface area contributed by atoms with Crippen LogP contribution in [0.15, 0.2) is 36.4 Å². The molecule has 0 radical (unpaired) electrons. The van der Waals surface area contributed by atoms with Crippen LogP contribution in [0.25, 0.3) is 0 Å². The highest BCUT2D eigenvalue weighted by molar-refractivity contribution is 6.25. The van der Waals surface area contributed by atoms with Gasteiger partial charge in [-0.05, 0) is 0 Å². The maximum atomic E-state index is 5.17. The first-order valence-corrected chi connectivity index (χ1v) is 2.40. The molecule has 0 saturated carbocycles. The molecule has 0 fully saturated rings. The number of allylic oxidation sites excluding steroid dienone is 4. The normalized spacial score (nSPS) is 11.0. The second kappa shape index (κ2) is 5.51. The van der Waals surface area contributed by atoms with Gasteiger partial charge in [0.1, 0.15) is 0 Å². The van der Waals surface area contributed by atoms with Crippen LogP contribution in [0.3, 0.4) is 0 Å². The minimum absolute atomic E-state index is 1.44. The van der Waals surface area contributed by atoms with E-state index in [9.17, 15) is 0 Å². The van der Waals surface area contributed by atoms with Gasteiger partial charge in [-0.3, -0.25) is 0 Å². The Hall–Kier alpha value is -0.490. The molecule has 0 N–H and O–H groups in total. The van der Waals surface area contributed by atoms with Crippen LogP contribution in [0, 0.1) is 0 Å². The van der Waals surface area contributed by atoms with E-state index in [0.29, 0.717) is 0 Å². The Morgan fingerprint density at radius 1 is 1.14 bits per heavy atom. The van der Waals surface area contributed by atoms with E-state index in [1.165, 1.54) is 5.54 Å². The van der Waals surface area contributed by atoms with Gasteiger partial charge in [0.15, 0.2) is 0 Å². The van der Waals surface area contributed by atoms with Crippen molar-refractivity contribution in [1.82, 2.24) is 0 Å². The van der Waals surface area contributed by atoms with E-state index >= 15 is 0 Å². The fraction of sp³-hybridized carbons (Fsp3) is 0. The van der Waals surface area contributed by atoms with Crippen molar-refractivity contribution in [2.24, 2.45) is 0 Å². The Balaban J connectivity index is 3.27. The van der Waals surface area contributed by atoms with Crippen LogP contribution in [-0.2, 0) is 0 Å². The summed E-state index contributed by atoms with van der Waals surface area (Å²) >= 11 is 5.17. The van der Waals surface area contributed by atoms with Gasteiger partial charge in [0, 0.05) is 5.54 Å². The molecule has 0 bridgehead atoms. The topological polar surface area (TPSA) is 0 Å². The fourth-order valence-electron chi connectivity index (χ4n) is 0.185. The van der Waals surface area contributed by atoms with Gasteiger partial charge in [0.05, 0.1) is 0 Å². The molecule has 0 aliphatic rings. The first-order valence-electron chi connectivity index (χ1n) is 1.96. The molecule has 0 nitrogen and oxygen atoms in total. The van der Waals surface area contributed by atoms with Gasteiger partial charge in [-0.25, -0.2) is 0 Å². The zero-order valence-corrected chi connectivity index (χ0v) is 4.73. The van der Waals surface area contributed by atoms with Gasteiger partial charge in [-0.15, -0.1) is 0 Å². The van der Waals surface area contributed by atoms with Gasteiger partial charge >= 0.3 is 0 Å². The smallest absolute Gasteiger partial charge is 0.00424 e. The molecule has 1 heteroatoms. The molecule has 0 aliphatic heterocycles. The standard InChI is InChI=1S/C6H7Cl/c1-2-3-4-5-6-7/h2-6H,1H2/b4-3-,6-5+. The SMILES string of the molecule is C=C/C=C\C=C\Cl. The number of hydrogen-bond acceptors (Lipinski definition) is 0. The largest absolute Gasteiger partial charge is 0.0991 e. The molecule has 0 spiro atoms. The van der Waals surface area contributed by atoms with Crippen LogP contribution in [0.1, 0.15) is 0 Å². The van der Waals surface area contributed by atoms with Gasteiger partial charge < -0.3 is 0 Å². The molecule has 38 valence electrons. The summed E-state index contributed by atoms with van der Waals surface area (Å²) in [5.41, 5.74) is 1.44. The summed E-state index contributed by atoms with van der Waals surface area (Å²) in [7, 11) is 0. The van der Waals surface area contributed by atoms with E-state index in [0.717, 1.165) is 0 Å². The summed E-state index contributed by atoms with van der Waals surface area (Å²) in [5.74, 6) is 0. The van der Waals surface area contributed by atoms with Gasteiger partial charge in [-0.2, -0.15) is 0 Å². The Morgan fingerprint density at radius 2 is 1.86 bits per heavy atom. The zero-order valence-electron chi connectivity index (χ0n) is 3.97. The van der Waals surface area contributed by atoms with Gasteiger partial charge in [-0.1, -0.05) is 42.5 Å². The zero-order chi connectivity index (χ0) is 5.54. The number of halogens is 1. The number of hydrogen-bond donors (Lipinski definition) is 0. The molecule has 0 aromatic heterocycles. The molecule has 0 aliphatic carbocycles. The number of rotatable bonds is 2. The third-order valence-corrected chi connectivity index (χ3v) is 0.577. The average Bonchev–Trinajstić information content (AvgIpc) is 1.69. The summed E-state index contributed by atoms with van der Waals surface area (Å²) < 4.78 is 0. The van der Waals surface area contributed by atoms with Crippen LogP contribution >= 0.6 is 11.6 Å². The quantitative estimate of drug-likeness (QED) is 0.484. The van der Waals surface area contributed by atoms with Crippen LogP contribution in [0.5, 0.6) is 0 Å². The maximum absolute atomic E-state index is 5.17. The molecule has 0 atom stereocenters. The van der Waals surface area contributed by atoms with Crippen molar-refractivity contribution < 1.29 is 0 Å². The predicted octanol–water partition coefficient (Wildman–Crippen LogP) is 2.48. The molecule has 0 amide bonds. The first kappa shape index (κ1) is 6.51. The Kier molecular flexibility index (Phi) is 5.12. The van der Waals surface area contributed by atoms with Crippen LogP contribution < -0.4 is 0 Å². The minimum Gasteiger partial charge on any atom is -0.0991 e.